The Morgan fingerprint density at radius 1 is 0.944 bits per heavy atom. The van der Waals surface area contributed by atoms with Crippen molar-refractivity contribution in [1.82, 2.24) is 0 Å². The van der Waals surface area contributed by atoms with Gasteiger partial charge in [-0.1, -0.05) is 33.8 Å². The second kappa shape index (κ2) is 7.30. The summed E-state index contributed by atoms with van der Waals surface area (Å²) in [7, 11) is 0. The maximum Gasteiger partial charge on any atom is 0.161 e. The van der Waals surface area contributed by atoms with E-state index in [1.54, 1.807) is 0 Å². The second-order valence-corrected chi connectivity index (χ2v) is 5.44. The van der Waals surface area contributed by atoms with Crippen LogP contribution in [0, 0.1) is 18.8 Å². The van der Waals surface area contributed by atoms with Crippen molar-refractivity contribution < 1.29 is 9.47 Å². The molecule has 0 N–H and O–H groups in total. The third-order valence-electron chi connectivity index (χ3n) is 2.44. The molecule has 0 saturated heterocycles. The lowest BCUT2D eigenvalue weighted by Crippen LogP contribution is -2.09. The van der Waals surface area contributed by atoms with E-state index in [1.165, 1.54) is 5.56 Å². The molecule has 18 heavy (non-hydrogen) atoms. The van der Waals surface area contributed by atoms with Crippen LogP contribution in [-0.4, -0.2) is 13.2 Å². The van der Waals surface area contributed by atoms with Gasteiger partial charge >= 0.3 is 0 Å². The normalized spacial score (nSPS) is 11.1. The maximum absolute atomic E-state index is 5.82. The Balaban J connectivity index is 2.79. The number of hydrogen-bond acceptors (Lipinski definition) is 2. The van der Waals surface area contributed by atoms with Gasteiger partial charge < -0.3 is 9.47 Å². The maximum atomic E-state index is 5.82. The van der Waals surface area contributed by atoms with Gasteiger partial charge in [0.25, 0.3) is 0 Å². The summed E-state index contributed by atoms with van der Waals surface area (Å²) in [5.74, 6) is 2.69. The summed E-state index contributed by atoms with van der Waals surface area (Å²) in [5, 5.41) is 0. The van der Waals surface area contributed by atoms with Crippen molar-refractivity contribution in [2.75, 3.05) is 13.2 Å². The van der Waals surface area contributed by atoms with Crippen molar-refractivity contribution in [3.05, 3.63) is 30.7 Å². The monoisotopic (exact) mass is 249 g/mol. The molecule has 0 atom stereocenters. The molecule has 0 aliphatic heterocycles. The summed E-state index contributed by atoms with van der Waals surface area (Å²) in [5.41, 5.74) is 1.17. The minimum atomic E-state index is 0.506. The summed E-state index contributed by atoms with van der Waals surface area (Å²) in [6, 6.07) is 6.06. The van der Waals surface area contributed by atoms with E-state index in [0.29, 0.717) is 25.0 Å². The molecule has 0 heterocycles. The quantitative estimate of drug-likeness (QED) is 0.723. The molecular weight excluding hydrogens is 224 g/mol. The summed E-state index contributed by atoms with van der Waals surface area (Å²) in [6.45, 7) is 13.9. The van der Waals surface area contributed by atoms with Crippen LogP contribution in [0.5, 0.6) is 11.5 Å². The predicted octanol–water partition coefficient (Wildman–Crippen LogP) is 4.13. The zero-order valence-corrected chi connectivity index (χ0v) is 12.0. The van der Waals surface area contributed by atoms with Crippen LogP contribution in [0.3, 0.4) is 0 Å². The van der Waals surface area contributed by atoms with E-state index in [1.807, 2.05) is 18.2 Å². The van der Waals surface area contributed by atoms with Gasteiger partial charge in [-0.25, -0.2) is 0 Å². The van der Waals surface area contributed by atoms with Gasteiger partial charge in [-0.05, 0) is 42.9 Å². The van der Waals surface area contributed by atoms with E-state index in [-0.39, 0.29) is 0 Å². The van der Waals surface area contributed by atoms with Crippen LogP contribution in [0.4, 0.5) is 0 Å². The molecule has 1 aromatic carbocycles. The molecule has 1 rings (SSSR count). The molecule has 0 bridgehead atoms. The summed E-state index contributed by atoms with van der Waals surface area (Å²) < 4.78 is 11.6. The molecule has 2 nitrogen and oxygen atoms in total. The Kier molecular flexibility index (Phi) is 6.03. The van der Waals surface area contributed by atoms with Gasteiger partial charge in [0.05, 0.1) is 13.2 Å². The van der Waals surface area contributed by atoms with Crippen LogP contribution in [0.15, 0.2) is 18.2 Å². The zero-order chi connectivity index (χ0) is 13.5. The number of benzene rings is 1. The minimum Gasteiger partial charge on any atom is -0.489 e. The molecule has 1 aromatic rings. The van der Waals surface area contributed by atoms with Crippen LogP contribution in [-0.2, 0) is 6.42 Å². The predicted molar refractivity (Wildman–Crippen MR) is 76.2 cm³/mol. The first-order valence-electron chi connectivity index (χ1n) is 6.70. The van der Waals surface area contributed by atoms with Gasteiger partial charge in [0.1, 0.15) is 0 Å². The van der Waals surface area contributed by atoms with Crippen LogP contribution in [0.25, 0.3) is 0 Å². The van der Waals surface area contributed by atoms with Gasteiger partial charge in [0, 0.05) is 0 Å². The highest BCUT2D eigenvalue weighted by Crippen LogP contribution is 2.29. The largest absolute Gasteiger partial charge is 0.489 e. The lowest BCUT2D eigenvalue weighted by molar-refractivity contribution is 0.229. The van der Waals surface area contributed by atoms with Gasteiger partial charge in [0.2, 0.25) is 0 Å². The molecule has 0 fully saturated rings. The third-order valence-corrected chi connectivity index (χ3v) is 2.44. The van der Waals surface area contributed by atoms with Crippen LogP contribution < -0.4 is 9.47 Å². The Labute approximate surface area is 111 Å². The zero-order valence-electron chi connectivity index (χ0n) is 12.0. The smallest absolute Gasteiger partial charge is 0.161 e. The molecule has 0 aromatic heterocycles. The molecule has 2 heteroatoms. The van der Waals surface area contributed by atoms with E-state index < -0.39 is 0 Å². The van der Waals surface area contributed by atoms with E-state index in [9.17, 15) is 0 Å². The molecule has 0 saturated carbocycles. The number of hydrogen-bond donors (Lipinski definition) is 0. The first kappa shape index (κ1) is 14.9. The summed E-state index contributed by atoms with van der Waals surface area (Å²) in [6.07, 6.45) is 0.766. The molecule has 0 unspecified atom stereocenters. The van der Waals surface area contributed by atoms with E-state index >= 15 is 0 Å². The molecule has 101 valence electrons. The van der Waals surface area contributed by atoms with E-state index in [4.69, 9.17) is 9.47 Å². The van der Waals surface area contributed by atoms with Gasteiger partial charge in [-0.2, -0.15) is 0 Å². The van der Waals surface area contributed by atoms with Crippen molar-refractivity contribution in [3.63, 3.8) is 0 Å². The molecule has 1 radical (unpaired) electrons. The van der Waals surface area contributed by atoms with Gasteiger partial charge in [-0.3, -0.25) is 0 Å². The molecule has 0 amide bonds. The average molecular weight is 249 g/mol. The van der Waals surface area contributed by atoms with Crippen molar-refractivity contribution in [2.24, 2.45) is 11.8 Å². The van der Waals surface area contributed by atoms with E-state index in [2.05, 4.69) is 34.6 Å². The standard InChI is InChI=1S/C16H25O2/c1-6-14-7-8-15(17-10-12(2)3)16(9-14)18-11-13(4)5/h7-9,12-13H,1,6,10-11H2,2-5H3. The molecule has 0 spiro atoms. The highest BCUT2D eigenvalue weighted by atomic mass is 16.5. The second-order valence-electron chi connectivity index (χ2n) is 5.44. The SMILES string of the molecule is [CH2]Cc1ccc(OCC(C)C)c(OCC(C)C)c1. The average Bonchev–Trinajstić information content (AvgIpc) is 2.34. The lowest BCUT2D eigenvalue weighted by Gasteiger charge is -2.16. The Morgan fingerprint density at radius 2 is 1.50 bits per heavy atom. The highest BCUT2D eigenvalue weighted by Gasteiger charge is 2.08. The van der Waals surface area contributed by atoms with Crippen molar-refractivity contribution in [1.29, 1.82) is 0 Å². The molecular formula is C16H25O2. The van der Waals surface area contributed by atoms with Crippen LogP contribution >= 0.6 is 0 Å². The first-order valence-corrected chi connectivity index (χ1v) is 6.70. The van der Waals surface area contributed by atoms with Crippen LogP contribution in [0.2, 0.25) is 0 Å². The first-order chi connectivity index (χ1) is 8.52. The number of ether oxygens (including phenoxy) is 2. The Hall–Kier alpha value is -1.18. The minimum absolute atomic E-state index is 0.506. The fraction of sp³-hybridized carbons (Fsp3) is 0.562. The third kappa shape index (κ3) is 4.99. The fourth-order valence-corrected chi connectivity index (χ4v) is 1.45. The van der Waals surface area contributed by atoms with Gasteiger partial charge in [-0.15, -0.1) is 0 Å². The van der Waals surface area contributed by atoms with Gasteiger partial charge in [0.15, 0.2) is 11.5 Å². The van der Waals surface area contributed by atoms with Crippen molar-refractivity contribution in [3.8, 4) is 11.5 Å². The van der Waals surface area contributed by atoms with Crippen LogP contribution in [0.1, 0.15) is 33.3 Å². The van der Waals surface area contributed by atoms with Crippen molar-refractivity contribution >= 4 is 0 Å². The highest BCUT2D eigenvalue weighted by molar-refractivity contribution is 5.43. The summed E-state index contributed by atoms with van der Waals surface area (Å²) >= 11 is 0. The topological polar surface area (TPSA) is 18.5 Å². The Bertz CT molecular complexity index is 356. The van der Waals surface area contributed by atoms with Crippen molar-refractivity contribution in [2.45, 2.75) is 34.1 Å². The number of rotatable bonds is 7. The Morgan fingerprint density at radius 3 is 2.00 bits per heavy atom. The molecule has 0 aliphatic carbocycles. The van der Waals surface area contributed by atoms with E-state index in [0.717, 1.165) is 17.9 Å². The lowest BCUT2D eigenvalue weighted by atomic mass is 10.1. The fourth-order valence-electron chi connectivity index (χ4n) is 1.45. The summed E-state index contributed by atoms with van der Waals surface area (Å²) in [4.78, 5) is 0. The molecule has 0 aliphatic rings.